The number of fused-ring (bicyclic) bond motifs is 1. The lowest BCUT2D eigenvalue weighted by Crippen LogP contribution is -2.25. The Labute approximate surface area is 184 Å². The van der Waals surface area contributed by atoms with E-state index in [9.17, 15) is 9.59 Å². The summed E-state index contributed by atoms with van der Waals surface area (Å²) < 4.78 is 6.20. The van der Waals surface area contributed by atoms with Crippen LogP contribution in [0, 0.1) is 6.92 Å². The molecule has 0 amide bonds. The normalized spacial score (nSPS) is 16.0. The number of ketones is 1. The zero-order chi connectivity index (χ0) is 21.2. The zero-order valence-corrected chi connectivity index (χ0v) is 19.4. The molecule has 6 heteroatoms. The molecule has 2 aromatic rings. The lowest BCUT2D eigenvalue weighted by molar-refractivity contribution is -0.144. The van der Waals surface area contributed by atoms with Crippen molar-refractivity contribution in [2.24, 2.45) is 0 Å². The predicted octanol–water partition coefficient (Wildman–Crippen LogP) is 5.27. The quantitative estimate of drug-likeness (QED) is 0.324. The summed E-state index contributed by atoms with van der Waals surface area (Å²) in [5, 5.41) is 0. The maximum atomic E-state index is 12.5. The number of halogens is 1. The van der Waals surface area contributed by atoms with Crippen molar-refractivity contribution in [3.63, 3.8) is 0 Å². The molecule has 152 valence electrons. The minimum absolute atomic E-state index is 0.170. The van der Waals surface area contributed by atoms with E-state index in [0.29, 0.717) is 0 Å². The molecule has 3 rings (SSSR count). The van der Waals surface area contributed by atoms with Gasteiger partial charge in [-0.2, -0.15) is 0 Å². The van der Waals surface area contributed by atoms with E-state index in [2.05, 4.69) is 35.8 Å². The van der Waals surface area contributed by atoms with E-state index in [4.69, 9.17) is 4.74 Å². The summed E-state index contributed by atoms with van der Waals surface area (Å²) in [6, 6.07) is 14.0. The maximum Gasteiger partial charge on any atom is 0.316 e. The van der Waals surface area contributed by atoms with E-state index in [-0.39, 0.29) is 23.6 Å². The number of rotatable bonds is 6. The molecule has 0 bridgehead atoms. The van der Waals surface area contributed by atoms with Crippen LogP contribution in [-0.4, -0.2) is 31.2 Å². The summed E-state index contributed by atoms with van der Waals surface area (Å²) in [5.41, 5.74) is 3.98. The third-order valence-corrected chi connectivity index (χ3v) is 6.74. The highest BCUT2D eigenvalue weighted by molar-refractivity contribution is 9.10. The molecule has 0 unspecified atom stereocenters. The Morgan fingerprint density at radius 2 is 1.93 bits per heavy atom. The highest BCUT2D eigenvalue weighted by Gasteiger charge is 2.38. The lowest BCUT2D eigenvalue weighted by Gasteiger charge is -2.23. The number of hydrogen-bond acceptors (Lipinski definition) is 5. The van der Waals surface area contributed by atoms with E-state index in [1.165, 1.54) is 17.3 Å². The van der Waals surface area contributed by atoms with E-state index in [1.807, 2.05) is 55.3 Å². The van der Waals surface area contributed by atoms with Gasteiger partial charge in [-0.1, -0.05) is 48.0 Å². The summed E-state index contributed by atoms with van der Waals surface area (Å²) in [6.45, 7) is 5.93. The molecule has 0 radical (unpaired) electrons. The summed E-state index contributed by atoms with van der Waals surface area (Å²) in [4.78, 5) is 27.6. The second-order valence-electron chi connectivity index (χ2n) is 7.56. The van der Waals surface area contributed by atoms with Crippen LogP contribution in [0.2, 0.25) is 0 Å². The van der Waals surface area contributed by atoms with Crippen molar-refractivity contribution < 1.29 is 14.3 Å². The standard InChI is InChI=1S/C23H24BrNO3S/c1-15-11-16(24)9-10-20(15)29-14-22(27)28-13-17(26)12-21-23(2,3)18-7-5-6-8-19(18)25(21)4/h5-12H,13-14H2,1-4H3/b21-12-. The third kappa shape index (κ3) is 4.75. The number of benzene rings is 2. The van der Waals surface area contributed by atoms with Crippen LogP contribution in [0.5, 0.6) is 0 Å². The molecule has 0 N–H and O–H groups in total. The fourth-order valence-electron chi connectivity index (χ4n) is 3.56. The predicted molar refractivity (Wildman–Crippen MR) is 122 cm³/mol. The van der Waals surface area contributed by atoms with Gasteiger partial charge in [-0.3, -0.25) is 9.59 Å². The van der Waals surface area contributed by atoms with Crippen LogP contribution in [0.1, 0.15) is 25.0 Å². The molecule has 4 nitrogen and oxygen atoms in total. The molecular weight excluding hydrogens is 450 g/mol. The highest BCUT2D eigenvalue weighted by Crippen LogP contribution is 2.46. The lowest BCUT2D eigenvalue weighted by atomic mass is 9.83. The van der Waals surface area contributed by atoms with E-state index in [0.717, 1.165) is 26.3 Å². The Hall–Kier alpha value is -2.05. The smallest absolute Gasteiger partial charge is 0.316 e. The van der Waals surface area contributed by atoms with Crippen LogP contribution in [0.4, 0.5) is 5.69 Å². The average Bonchev–Trinajstić information content (AvgIpc) is 2.87. The maximum absolute atomic E-state index is 12.5. The van der Waals surface area contributed by atoms with E-state index < -0.39 is 5.97 Å². The highest BCUT2D eigenvalue weighted by atomic mass is 79.9. The van der Waals surface area contributed by atoms with Gasteiger partial charge in [0, 0.05) is 39.3 Å². The number of esters is 1. The van der Waals surface area contributed by atoms with Crippen LogP contribution in [0.15, 0.2) is 63.6 Å². The third-order valence-electron chi connectivity index (χ3n) is 5.10. The van der Waals surface area contributed by atoms with Crippen molar-refractivity contribution in [2.75, 3.05) is 24.3 Å². The number of nitrogens with zero attached hydrogens (tertiary/aromatic N) is 1. The number of carbonyl (C=O) groups is 2. The minimum Gasteiger partial charge on any atom is -0.457 e. The van der Waals surface area contributed by atoms with Gasteiger partial charge in [-0.25, -0.2) is 0 Å². The Morgan fingerprint density at radius 1 is 1.21 bits per heavy atom. The van der Waals surface area contributed by atoms with Crippen molar-refractivity contribution in [1.29, 1.82) is 0 Å². The van der Waals surface area contributed by atoms with Crippen LogP contribution in [0.25, 0.3) is 0 Å². The van der Waals surface area contributed by atoms with Crippen molar-refractivity contribution in [1.82, 2.24) is 0 Å². The Morgan fingerprint density at radius 3 is 2.62 bits per heavy atom. The van der Waals surface area contributed by atoms with Gasteiger partial charge in [-0.15, -0.1) is 11.8 Å². The SMILES string of the molecule is Cc1cc(Br)ccc1SCC(=O)OCC(=O)/C=C1\N(C)c2ccccc2C1(C)C. The molecule has 29 heavy (non-hydrogen) atoms. The van der Waals surface area contributed by atoms with Crippen molar-refractivity contribution in [3.8, 4) is 0 Å². The van der Waals surface area contributed by atoms with Crippen molar-refractivity contribution in [3.05, 3.63) is 69.8 Å². The summed E-state index contributed by atoms with van der Waals surface area (Å²) >= 11 is 4.84. The summed E-state index contributed by atoms with van der Waals surface area (Å²) in [7, 11) is 1.95. The second kappa shape index (κ2) is 8.76. The number of allylic oxidation sites excluding steroid dienone is 1. The number of carbonyl (C=O) groups excluding carboxylic acids is 2. The number of ether oxygens (including phenoxy) is 1. The Bertz CT molecular complexity index is 984. The molecule has 0 saturated carbocycles. The molecule has 2 aromatic carbocycles. The first-order valence-corrected chi connectivity index (χ1v) is 11.1. The first-order chi connectivity index (χ1) is 13.7. The molecule has 0 fully saturated rings. The number of anilines is 1. The van der Waals surface area contributed by atoms with Gasteiger partial charge >= 0.3 is 5.97 Å². The largest absolute Gasteiger partial charge is 0.457 e. The molecule has 0 saturated heterocycles. The van der Waals surface area contributed by atoms with Gasteiger partial charge < -0.3 is 9.64 Å². The van der Waals surface area contributed by atoms with Gasteiger partial charge in [0.05, 0.1) is 5.75 Å². The summed E-state index contributed by atoms with van der Waals surface area (Å²) in [6.07, 6.45) is 1.60. The molecule has 1 aliphatic rings. The van der Waals surface area contributed by atoms with E-state index in [1.54, 1.807) is 6.08 Å². The molecule has 0 spiro atoms. The van der Waals surface area contributed by atoms with E-state index >= 15 is 0 Å². The molecule has 1 aliphatic heterocycles. The molecule has 0 aromatic heterocycles. The zero-order valence-electron chi connectivity index (χ0n) is 17.0. The van der Waals surface area contributed by atoms with Crippen molar-refractivity contribution >= 4 is 45.1 Å². The Balaban J connectivity index is 1.58. The number of likely N-dealkylation sites (N-methyl/N-ethyl adjacent to an activating group) is 1. The van der Waals surface area contributed by atoms with Gasteiger partial charge in [-0.05, 0) is 42.3 Å². The fraction of sp³-hybridized carbons (Fsp3) is 0.304. The van der Waals surface area contributed by atoms with Gasteiger partial charge in [0.1, 0.15) is 0 Å². The van der Waals surface area contributed by atoms with Crippen LogP contribution >= 0.6 is 27.7 Å². The van der Waals surface area contributed by atoms with Crippen LogP contribution < -0.4 is 4.90 Å². The fourth-order valence-corrected chi connectivity index (χ4v) is 4.84. The van der Waals surface area contributed by atoms with Gasteiger partial charge in [0.2, 0.25) is 0 Å². The molecular formula is C23H24BrNO3S. The first kappa shape index (κ1) is 21.7. The summed E-state index contributed by atoms with van der Waals surface area (Å²) in [5.74, 6) is -0.444. The Kier molecular flexibility index (Phi) is 6.54. The molecule has 1 heterocycles. The first-order valence-electron chi connectivity index (χ1n) is 9.33. The van der Waals surface area contributed by atoms with Crippen LogP contribution in [-0.2, 0) is 19.7 Å². The average molecular weight is 474 g/mol. The van der Waals surface area contributed by atoms with Gasteiger partial charge in [0.15, 0.2) is 12.4 Å². The topological polar surface area (TPSA) is 46.6 Å². The number of para-hydroxylation sites is 1. The number of hydrogen-bond donors (Lipinski definition) is 0. The minimum atomic E-state index is -0.397. The second-order valence-corrected chi connectivity index (χ2v) is 9.49. The number of aryl methyl sites for hydroxylation is 1. The molecule has 0 aliphatic carbocycles. The van der Waals surface area contributed by atoms with Gasteiger partial charge in [0.25, 0.3) is 0 Å². The molecule has 0 atom stereocenters. The van der Waals surface area contributed by atoms with Crippen LogP contribution in [0.3, 0.4) is 0 Å². The number of thioether (sulfide) groups is 1. The monoisotopic (exact) mass is 473 g/mol. The van der Waals surface area contributed by atoms with Crippen molar-refractivity contribution in [2.45, 2.75) is 31.1 Å².